The lowest BCUT2D eigenvalue weighted by Gasteiger charge is -2.26. The topological polar surface area (TPSA) is 47.4 Å². The van der Waals surface area contributed by atoms with Crippen molar-refractivity contribution in [1.29, 1.82) is 0 Å². The molecule has 2 N–H and O–H groups in total. The minimum atomic E-state index is -0.162. The Balaban J connectivity index is 1.90. The first-order chi connectivity index (χ1) is 11.6. The van der Waals surface area contributed by atoms with E-state index >= 15 is 0 Å². The maximum Gasteiger partial charge on any atom is 0.203 e. The maximum atomic E-state index is 9.65. The van der Waals surface area contributed by atoms with Crippen LogP contribution in [0.4, 0.5) is 0 Å². The Morgan fingerprint density at radius 2 is 2.00 bits per heavy atom. The lowest BCUT2D eigenvalue weighted by atomic mass is 10.1. The van der Waals surface area contributed by atoms with Crippen LogP contribution in [0.5, 0.6) is 0 Å². The molecule has 24 heavy (non-hydrogen) atoms. The van der Waals surface area contributed by atoms with Gasteiger partial charge in [-0.05, 0) is 36.5 Å². The third-order valence-electron chi connectivity index (χ3n) is 4.37. The molecule has 2 aromatic rings. The monoisotopic (exact) mass is 365 g/mol. The number of quaternary nitrogens is 1. The number of allylic oxidation sites excluding steroid dienone is 1. The molecule has 0 saturated carbocycles. The van der Waals surface area contributed by atoms with E-state index in [2.05, 4.69) is 6.58 Å². The molecule has 0 aliphatic carbocycles. The van der Waals surface area contributed by atoms with Gasteiger partial charge in [0.05, 0.1) is 19.2 Å². The molecule has 0 atom stereocenters. The van der Waals surface area contributed by atoms with Crippen molar-refractivity contribution in [3.63, 3.8) is 0 Å². The van der Waals surface area contributed by atoms with Gasteiger partial charge in [-0.15, -0.1) is 11.7 Å². The summed E-state index contributed by atoms with van der Waals surface area (Å²) in [4.78, 5) is 1.39. The molecule has 1 aliphatic rings. The van der Waals surface area contributed by atoms with E-state index < -0.39 is 0 Å². The van der Waals surface area contributed by atoms with Gasteiger partial charge in [0.25, 0.3) is 0 Å². The summed E-state index contributed by atoms with van der Waals surface area (Å²) in [5.41, 5.74) is 0.982. The number of rotatable bonds is 5. The van der Waals surface area contributed by atoms with Crippen LogP contribution in [-0.4, -0.2) is 38.6 Å². The summed E-state index contributed by atoms with van der Waals surface area (Å²) in [5, 5.41) is 15.1. The summed E-state index contributed by atoms with van der Waals surface area (Å²) in [5.74, 6) is 0.827. The van der Waals surface area contributed by atoms with Crippen molar-refractivity contribution in [1.82, 2.24) is 14.3 Å². The number of nitrogens with zero attached hydrogens (tertiary/aromatic N) is 3. The molecule has 0 radical (unpaired) electrons. The molecule has 0 bridgehead atoms. The zero-order chi connectivity index (χ0) is 17.1. The van der Waals surface area contributed by atoms with Gasteiger partial charge in [-0.3, -0.25) is 4.57 Å². The van der Waals surface area contributed by atoms with E-state index in [4.69, 9.17) is 28.9 Å². The number of likely N-dealkylation sites (tertiary alicyclic amines) is 1. The van der Waals surface area contributed by atoms with Gasteiger partial charge in [0.2, 0.25) is 4.77 Å². The summed E-state index contributed by atoms with van der Waals surface area (Å²) in [7, 11) is 0. The fourth-order valence-corrected chi connectivity index (χ4v) is 3.42. The Hall–Kier alpha value is -1.47. The minimum absolute atomic E-state index is 0.162. The highest BCUT2D eigenvalue weighted by Gasteiger charge is 2.22. The third-order valence-corrected chi connectivity index (χ3v) is 5.06. The first-order valence-corrected chi connectivity index (χ1v) is 8.93. The molecule has 1 aromatic carbocycles. The fraction of sp³-hybridized carbons (Fsp3) is 0.412. The van der Waals surface area contributed by atoms with E-state index in [1.165, 1.54) is 4.90 Å². The van der Waals surface area contributed by atoms with E-state index in [1.807, 2.05) is 39.6 Å². The zero-order valence-corrected chi connectivity index (χ0v) is 15.1. The molecule has 7 heteroatoms. The largest absolute Gasteiger partial charge is 0.393 e. The SMILES string of the molecule is C=CCn1c(-c2ccc(Cl)cc2)nn(C[NH+]2CCC(O)CC2)c1=S. The number of piperidine rings is 1. The van der Waals surface area contributed by atoms with Crippen LogP contribution in [0.15, 0.2) is 36.9 Å². The first-order valence-electron chi connectivity index (χ1n) is 8.14. The molecule has 1 aliphatic heterocycles. The average molecular weight is 366 g/mol. The van der Waals surface area contributed by atoms with Crippen molar-refractivity contribution in [2.75, 3.05) is 13.1 Å². The minimum Gasteiger partial charge on any atom is -0.393 e. The van der Waals surface area contributed by atoms with Gasteiger partial charge in [0.1, 0.15) is 0 Å². The maximum absolute atomic E-state index is 9.65. The zero-order valence-electron chi connectivity index (χ0n) is 13.5. The number of hydrogen-bond acceptors (Lipinski definition) is 3. The Kier molecular flexibility index (Phi) is 5.50. The van der Waals surface area contributed by atoms with Crippen molar-refractivity contribution in [2.45, 2.75) is 32.2 Å². The number of hydrogen-bond donors (Lipinski definition) is 2. The molecule has 1 fully saturated rings. The predicted octanol–water partition coefficient (Wildman–Crippen LogP) is 1.92. The van der Waals surface area contributed by atoms with Gasteiger partial charge in [-0.2, -0.15) is 4.68 Å². The molecule has 0 spiro atoms. The van der Waals surface area contributed by atoms with Crippen molar-refractivity contribution in [2.24, 2.45) is 0 Å². The molecule has 3 rings (SSSR count). The normalized spacial score (nSPS) is 20.9. The van der Waals surface area contributed by atoms with E-state index in [0.717, 1.165) is 44.0 Å². The third kappa shape index (κ3) is 3.78. The van der Waals surface area contributed by atoms with Gasteiger partial charge in [0, 0.05) is 30.0 Å². The van der Waals surface area contributed by atoms with Crippen molar-refractivity contribution < 1.29 is 10.0 Å². The van der Waals surface area contributed by atoms with Gasteiger partial charge < -0.3 is 10.0 Å². The van der Waals surface area contributed by atoms with Crippen LogP contribution < -0.4 is 4.90 Å². The molecular formula is C17H22ClN4OS+. The summed E-state index contributed by atoms with van der Waals surface area (Å²) >= 11 is 11.6. The van der Waals surface area contributed by atoms with Crippen molar-refractivity contribution in [3.05, 3.63) is 46.7 Å². The molecule has 0 unspecified atom stereocenters. The van der Waals surface area contributed by atoms with E-state index in [9.17, 15) is 5.11 Å². The van der Waals surface area contributed by atoms with Crippen molar-refractivity contribution in [3.8, 4) is 11.4 Å². The predicted molar refractivity (Wildman–Crippen MR) is 97.6 cm³/mol. The second-order valence-corrected chi connectivity index (χ2v) is 6.95. The van der Waals surface area contributed by atoms with E-state index in [1.54, 1.807) is 0 Å². The lowest BCUT2D eigenvalue weighted by Crippen LogP contribution is -3.12. The van der Waals surface area contributed by atoms with E-state index in [-0.39, 0.29) is 6.10 Å². The van der Waals surface area contributed by atoms with Crippen LogP contribution in [0.1, 0.15) is 12.8 Å². The highest BCUT2D eigenvalue weighted by molar-refractivity contribution is 7.71. The van der Waals surface area contributed by atoms with Gasteiger partial charge in [-0.25, -0.2) is 0 Å². The van der Waals surface area contributed by atoms with Crippen LogP contribution in [0.2, 0.25) is 5.02 Å². The summed E-state index contributed by atoms with van der Waals surface area (Å²) in [6, 6.07) is 7.61. The highest BCUT2D eigenvalue weighted by Crippen LogP contribution is 2.20. The molecular weight excluding hydrogens is 344 g/mol. The second kappa shape index (κ2) is 7.61. The fourth-order valence-electron chi connectivity index (χ4n) is 3.03. The van der Waals surface area contributed by atoms with Gasteiger partial charge in [0.15, 0.2) is 12.5 Å². The quantitative estimate of drug-likeness (QED) is 0.628. The standard InChI is InChI=1S/C17H21ClN4OS/c1-2-9-21-16(13-3-5-14(18)6-4-13)19-22(17(21)24)12-20-10-7-15(23)8-11-20/h2-6,15,23H,1,7-12H2/p+1. The van der Waals surface area contributed by atoms with Crippen LogP contribution in [-0.2, 0) is 13.2 Å². The number of benzene rings is 1. The van der Waals surface area contributed by atoms with Crippen LogP contribution in [0.3, 0.4) is 0 Å². The van der Waals surface area contributed by atoms with Crippen LogP contribution in [0, 0.1) is 4.77 Å². The number of nitrogens with one attached hydrogen (secondary N) is 1. The van der Waals surface area contributed by atoms with Crippen LogP contribution >= 0.6 is 23.8 Å². The molecule has 1 aromatic heterocycles. The van der Waals surface area contributed by atoms with E-state index in [0.29, 0.717) is 16.3 Å². The Labute approximate surface area is 151 Å². The lowest BCUT2D eigenvalue weighted by molar-refractivity contribution is -0.929. The Morgan fingerprint density at radius 3 is 2.62 bits per heavy atom. The highest BCUT2D eigenvalue weighted by atomic mass is 35.5. The van der Waals surface area contributed by atoms with Crippen molar-refractivity contribution >= 4 is 23.8 Å². The summed E-state index contributed by atoms with van der Waals surface area (Å²) < 4.78 is 4.57. The van der Waals surface area contributed by atoms with Gasteiger partial charge >= 0.3 is 0 Å². The number of aliphatic hydroxyl groups is 1. The average Bonchev–Trinajstić information content (AvgIpc) is 2.88. The van der Waals surface area contributed by atoms with Crippen LogP contribution in [0.25, 0.3) is 11.4 Å². The number of aromatic nitrogens is 3. The molecule has 0 amide bonds. The second-order valence-electron chi connectivity index (χ2n) is 6.15. The summed E-state index contributed by atoms with van der Waals surface area (Å²) in [6.45, 7) is 7.03. The first kappa shape index (κ1) is 17.4. The molecule has 128 valence electrons. The Bertz CT molecular complexity index is 760. The summed E-state index contributed by atoms with van der Waals surface area (Å²) in [6.07, 6.45) is 3.33. The molecule has 2 heterocycles. The smallest absolute Gasteiger partial charge is 0.203 e. The molecule has 5 nitrogen and oxygen atoms in total. The van der Waals surface area contributed by atoms with Gasteiger partial charge in [-0.1, -0.05) is 17.7 Å². The number of halogens is 1. The number of aliphatic hydroxyl groups excluding tert-OH is 1. The Morgan fingerprint density at radius 1 is 1.33 bits per heavy atom. The molecule has 1 saturated heterocycles.